The summed E-state index contributed by atoms with van der Waals surface area (Å²) in [7, 11) is 2.21. The van der Waals surface area contributed by atoms with Gasteiger partial charge in [0.2, 0.25) is 0 Å². The van der Waals surface area contributed by atoms with Crippen molar-refractivity contribution in [2.45, 2.75) is 45.8 Å². The van der Waals surface area contributed by atoms with E-state index in [0.717, 1.165) is 31.9 Å². The molecule has 0 aliphatic carbocycles. The first kappa shape index (κ1) is 19.2. The second kappa shape index (κ2) is 10.0. The van der Waals surface area contributed by atoms with E-state index < -0.39 is 0 Å². The van der Waals surface area contributed by atoms with Crippen LogP contribution in [-0.2, 0) is 0 Å². The van der Waals surface area contributed by atoms with Crippen molar-refractivity contribution >= 4 is 0 Å². The monoisotopic (exact) mass is 333 g/mol. The predicted molar refractivity (Wildman–Crippen MR) is 102 cm³/mol. The van der Waals surface area contributed by atoms with Crippen LogP contribution in [0.3, 0.4) is 0 Å². The Bertz CT molecular complexity index is 452. The molecule has 1 N–H and O–H groups in total. The Labute approximate surface area is 148 Å². The van der Waals surface area contributed by atoms with Gasteiger partial charge in [-0.25, -0.2) is 0 Å². The van der Waals surface area contributed by atoms with E-state index in [1.54, 1.807) is 0 Å². The molecule has 1 fully saturated rings. The summed E-state index contributed by atoms with van der Waals surface area (Å²) in [5, 5.41) is 3.76. The van der Waals surface area contributed by atoms with E-state index >= 15 is 0 Å². The van der Waals surface area contributed by atoms with Crippen molar-refractivity contribution in [3.63, 3.8) is 0 Å². The van der Waals surface area contributed by atoms with Crippen molar-refractivity contribution in [1.29, 1.82) is 0 Å². The van der Waals surface area contributed by atoms with Gasteiger partial charge in [0.15, 0.2) is 0 Å². The first-order valence-electron chi connectivity index (χ1n) is 9.49. The molecule has 1 aliphatic heterocycles. The second-order valence-electron chi connectivity index (χ2n) is 7.20. The zero-order valence-electron chi connectivity index (χ0n) is 15.9. The second-order valence-corrected chi connectivity index (χ2v) is 7.20. The largest absolute Gasteiger partial charge is 0.491 e. The molecule has 0 aromatic heterocycles. The van der Waals surface area contributed by atoms with Crippen LogP contribution in [0.15, 0.2) is 24.3 Å². The zero-order chi connectivity index (χ0) is 17.4. The molecule has 0 radical (unpaired) electrons. The van der Waals surface area contributed by atoms with Crippen molar-refractivity contribution in [2.75, 3.05) is 46.3 Å². The molecule has 0 bridgehead atoms. The van der Waals surface area contributed by atoms with Crippen LogP contribution in [0.2, 0.25) is 0 Å². The Morgan fingerprint density at radius 2 is 1.75 bits per heavy atom. The predicted octanol–water partition coefficient (Wildman–Crippen LogP) is 3.15. The fourth-order valence-electron chi connectivity index (χ4n) is 3.08. The minimum absolute atomic E-state index is 0.222. The van der Waals surface area contributed by atoms with Gasteiger partial charge in [-0.15, -0.1) is 0 Å². The SMILES string of the molecule is CCCCNC(CN1CCN(C)CC1)c1ccc(OC(C)C)cc1. The Morgan fingerprint density at radius 1 is 1.08 bits per heavy atom. The molecule has 1 atom stereocenters. The van der Waals surface area contributed by atoms with Gasteiger partial charge in [0.1, 0.15) is 5.75 Å². The molecule has 0 amide bonds. The summed E-state index contributed by atoms with van der Waals surface area (Å²) in [6.45, 7) is 13.2. The van der Waals surface area contributed by atoms with Gasteiger partial charge in [-0.1, -0.05) is 25.5 Å². The summed E-state index contributed by atoms with van der Waals surface area (Å²) in [4.78, 5) is 5.00. The fourth-order valence-corrected chi connectivity index (χ4v) is 3.08. The summed E-state index contributed by atoms with van der Waals surface area (Å²) in [5.74, 6) is 0.959. The number of nitrogens with zero attached hydrogens (tertiary/aromatic N) is 2. The van der Waals surface area contributed by atoms with Crippen LogP contribution >= 0.6 is 0 Å². The van der Waals surface area contributed by atoms with Gasteiger partial charge in [-0.3, -0.25) is 4.90 Å². The van der Waals surface area contributed by atoms with Crippen LogP contribution < -0.4 is 10.1 Å². The molecule has 1 aromatic rings. The van der Waals surface area contributed by atoms with Crippen LogP contribution in [0.4, 0.5) is 0 Å². The Hall–Kier alpha value is -1.10. The van der Waals surface area contributed by atoms with E-state index in [1.807, 2.05) is 0 Å². The lowest BCUT2D eigenvalue weighted by Gasteiger charge is -2.35. The molecule has 1 unspecified atom stereocenters. The Morgan fingerprint density at radius 3 is 2.33 bits per heavy atom. The number of likely N-dealkylation sites (N-methyl/N-ethyl adjacent to an activating group) is 1. The molecule has 0 spiro atoms. The van der Waals surface area contributed by atoms with Gasteiger partial charge in [-0.05, 0) is 51.6 Å². The number of hydrogen-bond donors (Lipinski definition) is 1. The van der Waals surface area contributed by atoms with Gasteiger partial charge >= 0.3 is 0 Å². The number of rotatable bonds is 9. The quantitative estimate of drug-likeness (QED) is 0.703. The summed E-state index contributed by atoms with van der Waals surface area (Å²) in [5.41, 5.74) is 1.36. The highest BCUT2D eigenvalue weighted by atomic mass is 16.5. The molecule has 24 heavy (non-hydrogen) atoms. The molecule has 1 aliphatic rings. The van der Waals surface area contributed by atoms with Crippen molar-refractivity contribution in [1.82, 2.24) is 15.1 Å². The minimum Gasteiger partial charge on any atom is -0.491 e. The van der Waals surface area contributed by atoms with Crippen LogP contribution in [0.5, 0.6) is 5.75 Å². The molecule has 4 nitrogen and oxygen atoms in total. The van der Waals surface area contributed by atoms with Crippen molar-refractivity contribution in [3.05, 3.63) is 29.8 Å². The van der Waals surface area contributed by atoms with E-state index in [2.05, 4.69) is 67.2 Å². The highest BCUT2D eigenvalue weighted by molar-refractivity contribution is 5.29. The highest BCUT2D eigenvalue weighted by Gasteiger charge is 2.19. The van der Waals surface area contributed by atoms with Crippen LogP contribution in [0.25, 0.3) is 0 Å². The third-order valence-corrected chi connectivity index (χ3v) is 4.61. The Kier molecular flexibility index (Phi) is 8.03. The van der Waals surface area contributed by atoms with E-state index in [9.17, 15) is 0 Å². The van der Waals surface area contributed by atoms with Gasteiger partial charge in [0, 0.05) is 38.8 Å². The smallest absolute Gasteiger partial charge is 0.119 e. The van der Waals surface area contributed by atoms with Crippen LogP contribution in [0.1, 0.15) is 45.2 Å². The van der Waals surface area contributed by atoms with E-state index in [1.165, 1.54) is 31.5 Å². The van der Waals surface area contributed by atoms with Gasteiger partial charge in [-0.2, -0.15) is 0 Å². The summed E-state index contributed by atoms with van der Waals surface area (Å²) >= 11 is 0. The summed E-state index contributed by atoms with van der Waals surface area (Å²) in [6.07, 6.45) is 2.68. The highest BCUT2D eigenvalue weighted by Crippen LogP contribution is 2.20. The number of ether oxygens (including phenoxy) is 1. The molecule has 1 saturated heterocycles. The van der Waals surface area contributed by atoms with Crippen molar-refractivity contribution < 1.29 is 4.74 Å². The van der Waals surface area contributed by atoms with Crippen LogP contribution in [-0.4, -0.2) is 62.2 Å². The number of hydrogen-bond acceptors (Lipinski definition) is 4. The van der Waals surface area contributed by atoms with E-state index in [4.69, 9.17) is 4.74 Å². The van der Waals surface area contributed by atoms with Gasteiger partial charge < -0.3 is 15.0 Å². The van der Waals surface area contributed by atoms with E-state index in [-0.39, 0.29) is 6.10 Å². The zero-order valence-corrected chi connectivity index (χ0v) is 15.9. The maximum absolute atomic E-state index is 5.77. The number of piperazine rings is 1. The third-order valence-electron chi connectivity index (χ3n) is 4.61. The molecule has 2 rings (SSSR count). The molecule has 0 saturated carbocycles. The van der Waals surface area contributed by atoms with Crippen LogP contribution in [0, 0.1) is 0 Å². The summed E-state index contributed by atoms with van der Waals surface area (Å²) < 4.78 is 5.77. The standard InChI is InChI=1S/C20H35N3O/c1-5-6-11-21-20(16-23-14-12-22(4)13-15-23)18-7-9-19(10-8-18)24-17(2)3/h7-10,17,20-21H,5-6,11-16H2,1-4H3. The molecular formula is C20H35N3O. The first-order chi connectivity index (χ1) is 11.6. The molecule has 4 heteroatoms. The maximum atomic E-state index is 5.77. The molecule has 1 heterocycles. The lowest BCUT2D eigenvalue weighted by atomic mass is 10.1. The minimum atomic E-state index is 0.222. The third kappa shape index (κ3) is 6.42. The lowest BCUT2D eigenvalue weighted by Crippen LogP contribution is -2.47. The average Bonchev–Trinajstić information content (AvgIpc) is 2.56. The number of nitrogens with one attached hydrogen (secondary N) is 1. The van der Waals surface area contributed by atoms with E-state index in [0.29, 0.717) is 6.04 Å². The van der Waals surface area contributed by atoms with Crippen molar-refractivity contribution in [3.8, 4) is 5.75 Å². The average molecular weight is 334 g/mol. The lowest BCUT2D eigenvalue weighted by molar-refractivity contribution is 0.142. The topological polar surface area (TPSA) is 27.7 Å². The molecule has 1 aromatic carbocycles. The fraction of sp³-hybridized carbons (Fsp3) is 0.700. The normalized spacial score (nSPS) is 18.0. The number of unbranched alkanes of at least 4 members (excludes halogenated alkanes) is 1. The first-order valence-corrected chi connectivity index (χ1v) is 9.49. The van der Waals surface area contributed by atoms with Gasteiger partial charge in [0.25, 0.3) is 0 Å². The van der Waals surface area contributed by atoms with Gasteiger partial charge in [0.05, 0.1) is 6.10 Å². The Balaban J connectivity index is 1.98. The molecular weight excluding hydrogens is 298 g/mol. The molecule has 136 valence electrons. The number of benzene rings is 1. The summed E-state index contributed by atoms with van der Waals surface area (Å²) in [6, 6.07) is 9.05. The van der Waals surface area contributed by atoms with Crippen molar-refractivity contribution in [2.24, 2.45) is 0 Å². The maximum Gasteiger partial charge on any atom is 0.119 e.